The van der Waals surface area contributed by atoms with Crippen molar-refractivity contribution in [2.24, 2.45) is 5.92 Å². The van der Waals surface area contributed by atoms with Crippen LogP contribution in [0.2, 0.25) is 0 Å². The average Bonchev–Trinajstić information content (AvgIpc) is 3.08. The van der Waals surface area contributed by atoms with Gasteiger partial charge in [0.2, 0.25) is 0 Å². The van der Waals surface area contributed by atoms with Gasteiger partial charge in [0.05, 0.1) is 6.42 Å². The lowest BCUT2D eigenvalue weighted by Crippen LogP contribution is -2.06. The SMILES string of the molecule is CC(CC(=O)O)c1cccc2c1ccn2CC1CCCC1. The predicted octanol–water partition coefficient (Wildman–Crippen LogP) is 4.41. The van der Waals surface area contributed by atoms with Crippen LogP contribution in [0.4, 0.5) is 0 Å². The van der Waals surface area contributed by atoms with Gasteiger partial charge < -0.3 is 9.67 Å². The minimum absolute atomic E-state index is 0.0496. The second-order valence-electron chi connectivity index (χ2n) is 6.40. The first-order valence-electron chi connectivity index (χ1n) is 7.94. The first-order chi connectivity index (χ1) is 10.1. The Kier molecular flexibility index (Phi) is 4.00. The summed E-state index contributed by atoms with van der Waals surface area (Å²) < 4.78 is 2.35. The number of carboxylic acids is 1. The molecule has 1 heterocycles. The van der Waals surface area contributed by atoms with Crippen molar-refractivity contribution in [3.8, 4) is 0 Å². The third-order valence-electron chi connectivity index (χ3n) is 4.79. The Balaban J connectivity index is 1.89. The topological polar surface area (TPSA) is 42.2 Å². The van der Waals surface area contributed by atoms with Crippen LogP contribution in [0, 0.1) is 5.92 Å². The number of benzene rings is 1. The molecule has 1 N–H and O–H groups in total. The van der Waals surface area contributed by atoms with Crippen molar-refractivity contribution in [1.82, 2.24) is 4.57 Å². The highest BCUT2D eigenvalue weighted by molar-refractivity contribution is 5.85. The molecule has 1 aromatic heterocycles. The van der Waals surface area contributed by atoms with E-state index >= 15 is 0 Å². The van der Waals surface area contributed by atoms with Gasteiger partial charge in [0.1, 0.15) is 0 Å². The number of carboxylic acid groups (broad SMARTS) is 1. The van der Waals surface area contributed by atoms with Crippen molar-refractivity contribution in [1.29, 1.82) is 0 Å². The molecule has 3 heteroatoms. The first-order valence-corrected chi connectivity index (χ1v) is 7.94. The van der Waals surface area contributed by atoms with E-state index in [0.29, 0.717) is 0 Å². The maximum absolute atomic E-state index is 10.9. The van der Waals surface area contributed by atoms with E-state index in [2.05, 4.69) is 35.0 Å². The van der Waals surface area contributed by atoms with Crippen molar-refractivity contribution in [3.63, 3.8) is 0 Å². The second kappa shape index (κ2) is 5.92. The highest BCUT2D eigenvalue weighted by atomic mass is 16.4. The van der Waals surface area contributed by atoms with Gasteiger partial charge in [-0.25, -0.2) is 0 Å². The van der Waals surface area contributed by atoms with Gasteiger partial charge in [-0.2, -0.15) is 0 Å². The van der Waals surface area contributed by atoms with E-state index in [1.54, 1.807) is 0 Å². The molecule has 1 aliphatic carbocycles. The summed E-state index contributed by atoms with van der Waals surface area (Å²) in [6, 6.07) is 8.43. The Morgan fingerprint density at radius 3 is 2.81 bits per heavy atom. The Labute approximate surface area is 125 Å². The molecule has 0 amide bonds. The number of carbonyl (C=O) groups is 1. The molecule has 1 aliphatic rings. The highest BCUT2D eigenvalue weighted by Crippen LogP contribution is 2.31. The molecule has 3 rings (SSSR count). The van der Waals surface area contributed by atoms with Gasteiger partial charge in [0.25, 0.3) is 0 Å². The van der Waals surface area contributed by atoms with Gasteiger partial charge in [-0.15, -0.1) is 0 Å². The minimum Gasteiger partial charge on any atom is -0.481 e. The molecule has 0 spiro atoms. The fourth-order valence-corrected chi connectivity index (χ4v) is 3.68. The Hall–Kier alpha value is -1.77. The van der Waals surface area contributed by atoms with Crippen molar-refractivity contribution in [3.05, 3.63) is 36.0 Å². The van der Waals surface area contributed by atoms with E-state index in [1.165, 1.54) is 36.6 Å². The molecular formula is C18H23NO2. The minimum atomic E-state index is -0.732. The van der Waals surface area contributed by atoms with Gasteiger partial charge in [-0.3, -0.25) is 4.79 Å². The van der Waals surface area contributed by atoms with Crippen molar-refractivity contribution in [2.75, 3.05) is 0 Å². The number of aliphatic carboxylic acids is 1. The number of nitrogens with zero attached hydrogens (tertiary/aromatic N) is 1. The maximum atomic E-state index is 10.9. The van der Waals surface area contributed by atoms with Gasteiger partial charge >= 0.3 is 5.97 Å². The summed E-state index contributed by atoms with van der Waals surface area (Å²) in [5.41, 5.74) is 2.40. The van der Waals surface area contributed by atoms with Crippen molar-refractivity contribution >= 4 is 16.9 Å². The average molecular weight is 285 g/mol. The monoisotopic (exact) mass is 285 g/mol. The fraction of sp³-hybridized carbons (Fsp3) is 0.500. The Morgan fingerprint density at radius 1 is 1.33 bits per heavy atom. The van der Waals surface area contributed by atoms with E-state index in [9.17, 15) is 4.79 Å². The molecule has 1 fully saturated rings. The van der Waals surface area contributed by atoms with Gasteiger partial charge in [0.15, 0.2) is 0 Å². The molecule has 0 bridgehead atoms. The lowest BCUT2D eigenvalue weighted by molar-refractivity contribution is -0.137. The third-order valence-corrected chi connectivity index (χ3v) is 4.79. The summed E-state index contributed by atoms with van der Waals surface area (Å²) in [6.07, 6.45) is 7.77. The van der Waals surface area contributed by atoms with Crippen molar-refractivity contribution < 1.29 is 9.90 Å². The fourth-order valence-electron chi connectivity index (χ4n) is 3.68. The molecule has 21 heavy (non-hydrogen) atoms. The largest absolute Gasteiger partial charge is 0.481 e. The van der Waals surface area contributed by atoms with Crippen LogP contribution in [0.25, 0.3) is 10.9 Å². The zero-order chi connectivity index (χ0) is 14.8. The molecular weight excluding hydrogens is 262 g/mol. The van der Waals surface area contributed by atoms with Crippen LogP contribution in [-0.2, 0) is 11.3 Å². The quantitative estimate of drug-likeness (QED) is 0.884. The highest BCUT2D eigenvalue weighted by Gasteiger charge is 2.18. The van der Waals surface area contributed by atoms with Crippen molar-refractivity contribution in [2.45, 2.75) is 51.5 Å². The number of hydrogen-bond acceptors (Lipinski definition) is 1. The van der Waals surface area contributed by atoms with Gasteiger partial charge in [-0.05, 0) is 42.4 Å². The van der Waals surface area contributed by atoms with E-state index in [-0.39, 0.29) is 12.3 Å². The predicted molar refractivity (Wildman–Crippen MR) is 84.6 cm³/mol. The normalized spacial score (nSPS) is 17.4. The molecule has 1 aromatic carbocycles. The van der Waals surface area contributed by atoms with E-state index in [1.807, 2.05) is 6.92 Å². The molecule has 0 saturated heterocycles. The Morgan fingerprint density at radius 2 is 2.10 bits per heavy atom. The smallest absolute Gasteiger partial charge is 0.303 e. The zero-order valence-corrected chi connectivity index (χ0v) is 12.6. The summed E-state index contributed by atoms with van der Waals surface area (Å²) in [6.45, 7) is 3.09. The van der Waals surface area contributed by atoms with Crippen LogP contribution >= 0.6 is 0 Å². The molecule has 1 unspecified atom stereocenters. The molecule has 2 aromatic rings. The summed E-state index contributed by atoms with van der Waals surface area (Å²) in [7, 11) is 0. The van der Waals surface area contributed by atoms with Gasteiger partial charge in [-0.1, -0.05) is 31.9 Å². The zero-order valence-electron chi connectivity index (χ0n) is 12.6. The number of aromatic nitrogens is 1. The Bertz CT molecular complexity index is 638. The summed E-state index contributed by atoms with van der Waals surface area (Å²) >= 11 is 0. The van der Waals surface area contributed by atoms with Crippen LogP contribution in [0.1, 0.15) is 50.5 Å². The van der Waals surface area contributed by atoms with Crippen LogP contribution in [0.5, 0.6) is 0 Å². The van der Waals surface area contributed by atoms with Crippen LogP contribution < -0.4 is 0 Å². The summed E-state index contributed by atoms with van der Waals surface area (Å²) in [5.74, 6) is 0.124. The van der Waals surface area contributed by atoms with Crippen LogP contribution in [0.15, 0.2) is 30.5 Å². The molecule has 0 radical (unpaired) electrons. The molecule has 1 saturated carbocycles. The number of rotatable bonds is 5. The van der Waals surface area contributed by atoms with Gasteiger partial charge in [0, 0.05) is 23.6 Å². The first kappa shape index (κ1) is 14.2. The number of hydrogen-bond donors (Lipinski definition) is 1. The molecule has 0 aliphatic heterocycles. The van der Waals surface area contributed by atoms with E-state index in [4.69, 9.17) is 5.11 Å². The lowest BCUT2D eigenvalue weighted by Gasteiger charge is -2.14. The third kappa shape index (κ3) is 2.97. The standard InChI is InChI=1S/C18H23NO2/c1-13(11-18(20)21)15-7-4-8-17-16(15)9-10-19(17)12-14-5-2-3-6-14/h4,7-10,13-14H,2-3,5-6,11-12H2,1H3,(H,20,21). The number of fused-ring (bicyclic) bond motifs is 1. The van der Waals surface area contributed by atoms with E-state index < -0.39 is 5.97 Å². The van der Waals surface area contributed by atoms with E-state index in [0.717, 1.165) is 18.0 Å². The maximum Gasteiger partial charge on any atom is 0.303 e. The molecule has 3 nitrogen and oxygen atoms in total. The summed E-state index contributed by atoms with van der Waals surface area (Å²) in [5, 5.41) is 10.2. The molecule has 1 atom stereocenters. The lowest BCUT2D eigenvalue weighted by atomic mass is 9.95. The second-order valence-corrected chi connectivity index (χ2v) is 6.40. The van der Waals surface area contributed by atoms with Crippen LogP contribution in [-0.4, -0.2) is 15.6 Å². The molecule has 112 valence electrons. The van der Waals surface area contributed by atoms with Crippen LogP contribution in [0.3, 0.4) is 0 Å². The summed E-state index contributed by atoms with van der Waals surface area (Å²) in [4.78, 5) is 10.9.